The van der Waals surface area contributed by atoms with E-state index in [0.29, 0.717) is 17.9 Å². The summed E-state index contributed by atoms with van der Waals surface area (Å²) in [5, 5.41) is 11.4. The Morgan fingerprint density at radius 2 is 1.80 bits per heavy atom. The maximum Gasteiger partial charge on any atom is 0.300 e. The van der Waals surface area contributed by atoms with Crippen molar-refractivity contribution in [1.82, 2.24) is 0 Å². The number of ketones is 1. The Labute approximate surface area is 205 Å². The van der Waals surface area contributed by atoms with Gasteiger partial charge in [0.25, 0.3) is 11.7 Å². The zero-order valence-electron chi connectivity index (χ0n) is 20.1. The lowest BCUT2D eigenvalue weighted by molar-refractivity contribution is -0.132. The number of hydrogen-bond acceptors (Lipinski definition) is 5. The topological polar surface area (TPSA) is 70.1 Å². The van der Waals surface area contributed by atoms with E-state index < -0.39 is 17.7 Å². The first-order chi connectivity index (χ1) is 16.8. The zero-order valence-corrected chi connectivity index (χ0v) is 20.1. The van der Waals surface area contributed by atoms with Crippen LogP contribution in [-0.4, -0.2) is 37.5 Å². The van der Waals surface area contributed by atoms with Crippen LogP contribution in [-0.2, 0) is 16.0 Å². The first-order valence-electron chi connectivity index (χ1n) is 11.8. The number of amides is 1. The fourth-order valence-electron chi connectivity index (χ4n) is 4.81. The summed E-state index contributed by atoms with van der Waals surface area (Å²) < 4.78 is 5.70. The van der Waals surface area contributed by atoms with Gasteiger partial charge >= 0.3 is 0 Å². The van der Waals surface area contributed by atoms with Gasteiger partial charge in [0.1, 0.15) is 11.5 Å². The van der Waals surface area contributed by atoms with Gasteiger partial charge in [0.05, 0.1) is 18.2 Å². The molecule has 2 heterocycles. The number of carbonyl (C=O) groups is 2. The summed E-state index contributed by atoms with van der Waals surface area (Å²) in [5.41, 5.74) is 4.92. The van der Waals surface area contributed by atoms with Crippen LogP contribution in [0.1, 0.15) is 34.7 Å². The molecule has 5 rings (SSSR count). The minimum atomic E-state index is -0.750. The molecule has 3 aromatic rings. The standard InChI is InChI=1S/C29H28N2O4/c1-18-6-4-8-23(16-18)31-26(19-9-12-22(13-10-19)30(2)3)25(28(33)29(31)34)27(32)21-11-14-24-20(17-21)7-5-15-35-24/h4,6,8-14,16-17,26,32H,5,7,15H2,1-3H3/b27-25-. The quantitative estimate of drug-likeness (QED) is 0.331. The van der Waals surface area contributed by atoms with Gasteiger partial charge < -0.3 is 14.7 Å². The van der Waals surface area contributed by atoms with Crippen LogP contribution in [0.25, 0.3) is 5.76 Å². The molecule has 1 amide bonds. The molecule has 0 aromatic heterocycles. The van der Waals surface area contributed by atoms with E-state index in [9.17, 15) is 14.7 Å². The number of carbonyl (C=O) groups excluding carboxylic acids is 2. The molecule has 1 N–H and O–H groups in total. The van der Waals surface area contributed by atoms with Gasteiger partial charge in [-0.3, -0.25) is 14.5 Å². The minimum absolute atomic E-state index is 0.0887. The van der Waals surface area contributed by atoms with Gasteiger partial charge in [-0.1, -0.05) is 24.3 Å². The van der Waals surface area contributed by atoms with Gasteiger partial charge in [0, 0.05) is 31.0 Å². The number of aliphatic hydroxyl groups is 1. The summed E-state index contributed by atoms with van der Waals surface area (Å²) in [6.07, 6.45) is 1.73. The third kappa shape index (κ3) is 4.05. The average molecular weight is 469 g/mol. The number of anilines is 2. The Bertz CT molecular complexity index is 1340. The zero-order chi connectivity index (χ0) is 24.7. The molecule has 0 radical (unpaired) electrons. The van der Waals surface area contributed by atoms with Crippen LogP contribution in [0.3, 0.4) is 0 Å². The molecular weight excluding hydrogens is 440 g/mol. The van der Waals surface area contributed by atoms with Gasteiger partial charge in [0.2, 0.25) is 0 Å². The van der Waals surface area contributed by atoms with Crippen molar-refractivity contribution in [2.24, 2.45) is 0 Å². The molecule has 0 bridgehead atoms. The second-order valence-electron chi connectivity index (χ2n) is 9.27. The fraction of sp³-hybridized carbons (Fsp3) is 0.241. The van der Waals surface area contributed by atoms with E-state index in [1.165, 1.54) is 4.90 Å². The highest BCUT2D eigenvalue weighted by Gasteiger charge is 2.47. The Hall–Kier alpha value is -4.06. The van der Waals surface area contributed by atoms with Gasteiger partial charge in [-0.25, -0.2) is 0 Å². The molecule has 35 heavy (non-hydrogen) atoms. The average Bonchev–Trinajstić information content (AvgIpc) is 3.13. The highest BCUT2D eigenvalue weighted by molar-refractivity contribution is 6.51. The molecule has 6 heteroatoms. The second kappa shape index (κ2) is 8.95. The Morgan fingerprint density at radius 3 is 2.51 bits per heavy atom. The minimum Gasteiger partial charge on any atom is -0.507 e. The van der Waals surface area contributed by atoms with Crippen molar-refractivity contribution in [2.45, 2.75) is 25.8 Å². The fourth-order valence-corrected chi connectivity index (χ4v) is 4.81. The van der Waals surface area contributed by atoms with Crippen LogP contribution in [0, 0.1) is 6.92 Å². The van der Waals surface area contributed by atoms with Crippen molar-refractivity contribution in [2.75, 3.05) is 30.5 Å². The predicted molar refractivity (Wildman–Crippen MR) is 137 cm³/mol. The van der Waals surface area contributed by atoms with Gasteiger partial charge in [-0.2, -0.15) is 0 Å². The Morgan fingerprint density at radius 1 is 1.03 bits per heavy atom. The number of nitrogens with zero attached hydrogens (tertiary/aromatic N) is 2. The van der Waals surface area contributed by atoms with E-state index in [2.05, 4.69) is 0 Å². The molecule has 0 saturated carbocycles. The number of benzene rings is 3. The van der Waals surface area contributed by atoms with Crippen LogP contribution in [0.5, 0.6) is 5.75 Å². The van der Waals surface area contributed by atoms with Crippen LogP contribution in [0.4, 0.5) is 11.4 Å². The lowest BCUT2D eigenvalue weighted by atomic mass is 9.93. The maximum absolute atomic E-state index is 13.4. The van der Waals surface area contributed by atoms with E-state index >= 15 is 0 Å². The van der Waals surface area contributed by atoms with Crippen LogP contribution >= 0.6 is 0 Å². The van der Waals surface area contributed by atoms with E-state index in [1.807, 2.05) is 86.6 Å². The molecule has 6 nitrogen and oxygen atoms in total. The number of fused-ring (bicyclic) bond motifs is 1. The van der Waals surface area contributed by atoms with E-state index in [-0.39, 0.29) is 11.3 Å². The van der Waals surface area contributed by atoms with E-state index in [1.54, 1.807) is 6.07 Å². The van der Waals surface area contributed by atoms with Crippen molar-refractivity contribution in [3.8, 4) is 5.75 Å². The van der Waals surface area contributed by atoms with Crippen molar-refractivity contribution in [1.29, 1.82) is 0 Å². The molecule has 1 fully saturated rings. The van der Waals surface area contributed by atoms with Crippen LogP contribution < -0.4 is 14.5 Å². The van der Waals surface area contributed by atoms with Crippen molar-refractivity contribution < 1.29 is 19.4 Å². The van der Waals surface area contributed by atoms with Crippen molar-refractivity contribution >= 4 is 28.8 Å². The number of rotatable bonds is 4. The summed E-state index contributed by atoms with van der Waals surface area (Å²) in [6.45, 7) is 2.61. The summed E-state index contributed by atoms with van der Waals surface area (Å²) in [7, 11) is 3.90. The highest BCUT2D eigenvalue weighted by atomic mass is 16.5. The summed E-state index contributed by atoms with van der Waals surface area (Å²) in [5.74, 6) is -0.725. The van der Waals surface area contributed by atoms with E-state index in [4.69, 9.17) is 4.74 Å². The first kappa shape index (κ1) is 22.7. The predicted octanol–water partition coefficient (Wildman–Crippen LogP) is 5.01. The third-order valence-corrected chi connectivity index (χ3v) is 6.63. The SMILES string of the molecule is Cc1cccc(N2C(=O)C(=O)/C(=C(\O)c3ccc4c(c3)CCCO4)C2c2ccc(N(C)C)cc2)c1. The largest absolute Gasteiger partial charge is 0.507 e. The molecular formula is C29H28N2O4. The molecule has 2 aliphatic rings. The molecule has 0 aliphatic carbocycles. The smallest absolute Gasteiger partial charge is 0.300 e. The van der Waals surface area contributed by atoms with Gasteiger partial charge in [-0.05, 0) is 78.9 Å². The van der Waals surface area contributed by atoms with Crippen LogP contribution in [0.2, 0.25) is 0 Å². The molecule has 1 saturated heterocycles. The molecule has 3 aromatic carbocycles. The highest BCUT2D eigenvalue weighted by Crippen LogP contribution is 2.43. The van der Waals surface area contributed by atoms with Crippen molar-refractivity contribution in [3.05, 3.63) is 94.6 Å². The number of aliphatic hydroxyl groups excluding tert-OH is 1. The molecule has 2 aliphatic heterocycles. The molecule has 1 unspecified atom stereocenters. The van der Waals surface area contributed by atoms with E-state index in [0.717, 1.165) is 41.0 Å². The lowest BCUT2D eigenvalue weighted by Crippen LogP contribution is -2.29. The number of Topliss-reactive ketones (excluding diaryl/α,β-unsaturated/α-hetero) is 1. The molecule has 0 spiro atoms. The monoisotopic (exact) mass is 468 g/mol. The molecule has 178 valence electrons. The number of aryl methyl sites for hydroxylation is 2. The van der Waals surface area contributed by atoms with Gasteiger partial charge in [-0.15, -0.1) is 0 Å². The lowest BCUT2D eigenvalue weighted by Gasteiger charge is -2.26. The third-order valence-electron chi connectivity index (χ3n) is 6.63. The summed E-state index contributed by atoms with van der Waals surface area (Å²) in [4.78, 5) is 30.2. The Kier molecular flexibility index (Phi) is 5.81. The second-order valence-corrected chi connectivity index (χ2v) is 9.27. The normalized spacial score (nSPS) is 18.8. The van der Waals surface area contributed by atoms with Gasteiger partial charge in [0.15, 0.2) is 0 Å². The summed E-state index contributed by atoms with van der Waals surface area (Å²) in [6, 6.07) is 19.9. The van der Waals surface area contributed by atoms with Crippen molar-refractivity contribution in [3.63, 3.8) is 0 Å². The number of hydrogen-bond donors (Lipinski definition) is 1. The maximum atomic E-state index is 13.4. The molecule has 1 atom stereocenters. The summed E-state index contributed by atoms with van der Waals surface area (Å²) >= 11 is 0. The Balaban J connectivity index is 1.68. The van der Waals surface area contributed by atoms with Crippen LogP contribution in [0.15, 0.2) is 72.3 Å². The first-order valence-corrected chi connectivity index (χ1v) is 11.8. The number of ether oxygens (including phenoxy) is 1.